The first-order valence-electron chi connectivity index (χ1n) is 5.67. The van der Waals surface area contributed by atoms with Crippen LogP contribution in [0.2, 0.25) is 5.02 Å². The average Bonchev–Trinajstić information content (AvgIpc) is 2.67. The van der Waals surface area contributed by atoms with Gasteiger partial charge in [0.25, 0.3) is 0 Å². The van der Waals surface area contributed by atoms with Gasteiger partial charge < -0.3 is 9.67 Å². The Kier molecular flexibility index (Phi) is 2.68. The number of aryl methyl sites for hydroxylation is 1. The Morgan fingerprint density at radius 2 is 2.00 bits per heavy atom. The lowest BCUT2D eigenvalue weighted by Crippen LogP contribution is -1.93. The topological polar surface area (TPSA) is 38.0 Å². The van der Waals surface area contributed by atoms with Crippen molar-refractivity contribution in [2.24, 2.45) is 7.05 Å². The molecule has 19 heavy (non-hydrogen) atoms. The van der Waals surface area contributed by atoms with E-state index < -0.39 is 5.82 Å². The molecule has 0 bridgehead atoms. The molecule has 3 nitrogen and oxygen atoms in total. The number of aromatic hydroxyl groups is 1. The van der Waals surface area contributed by atoms with Gasteiger partial charge in [-0.15, -0.1) is 0 Å². The number of nitrogens with zero attached hydrogens (tertiary/aromatic N) is 2. The Balaban J connectivity index is 2.28. The highest BCUT2D eigenvalue weighted by molar-refractivity contribution is 6.31. The standard InChI is InChI=1S/C14H10ClFN2O/c1-18-12-6-8(15)2-5-11(12)17-14(18)10-4-3-9(16)7-13(10)19/h2-7,19H,1H3. The second kappa shape index (κ2) is 4.24. The lowest BCUT2D eigenvalue weighted by atomic mass is 10.2. The first-order valence-corrected chi connectivity index (χ1v) is 6.05. The van der Waals surface area contributed by atoms with Gasteiger partial charge in [0.05, 0.1) is 16.6 Å². The van der Waals surface area contributed by atoms with Crippen LogP contribution < -0.4 is 0 Å². The van der Waals surface area contributed by atoms with E-state index in [2.05, 4.69) is 4.98 Å². The molecule has 0 saturated heterocycles. The molecule has 5 heteroatoms. The molecule has 0 unspecified atom stereocenters. The minimum atomic E-state index is -0.483. The molecule has 0 amide bonds. The Hall–Kier alpha value is -2.07. The molecule has 0 fully saturated rings. The van der Waals surface area contributed by atoms with Crippen molar-refractivity contribution in [1.82, 2.24) is 9.55 Å². The summed E-state index contributed by atoms with van der Waals surface area (Å²) in [6.45, 7) is 0. The zero-order chi connectivity index (χ0) is 13.6. The number of halogens is 2. The van der Waals surface area contributed by atoms with E-state index in [1.165, 1.54) is 12.1 Å². The highest BCUT2D eigenvalue weighted by atomic mass is 35.5. The Morgan fingerprint density at radius 1 is 1.21 bits per heavy atom. The molecule has 0 atom stereocenters. The Labute approximate surface area is 113 Å². The largest absolute Gasteiger partial charge is 0.507 e. The third kappa shape index (κ3) is 1.94. The summed E-state index contributed by atoms with van der Waals surface area (Å²) in [6, 6.07) is 9.23. The summed E-state index contributed by atoms with van der Waals surface area (Å²) in [6.07, 6.45) is 0. The van der Waals surface area contributed by atoms with E-state index in [9.17, 15) is 9.50 Å². The van der Waals surface area contributed by atoms with Gasteiger partial charge in [-0.25, -0.2) is 9.37 Å². The maximum atomic E-state index is 13.0. The van der Waals surface area contributed by atoms with Gasteiger partial charge in [-0.05, 0) is 30.3 Å². The van der Waals surface area contributed by atoms with Crippen LogP contribution in [-0.4, -0.2) is 14.7 Å². The van der Waals surface area contributed by atoms with Crippen molar-refractivity contribution >= 4 is 22.6 Å². The summed E-state index contributed by atoms with van der Waals surface area (Å²) >= 11 is 5.96. The maximum Gasteiger partial charge on any atom is 0.144 e. The third-order valence-electron chi connectivity index (χ3n) is 3.04. The minimum absolute atomic E-state index is 0.135. The smallest absolute Gasteiger partial charge is 0.144 e. The molecule has 0 aliphatic carbocycles. The van der Waals surface area contributed by atoms with Crippen molar-refractivity contribution < 1.29 is 9.50 Å². The van der Waals surface area contributed by atoms with Crippen LogP contribution in [0.5, 0.6) is 5.75 Å². The summed E-state index contributed by atoms with van der Waals surface area (Å²) < 4.78 is 14.8. The summed E-state index contributed by atoms with van der Waals surface area (Å²) in [4.78, 5) is 4.44. The van der Waals surface area contributed by atoms with Gasteiger partial charge in [0.1, 0.15) is 17.4 Å². The highest BCUT2D eigenvalue weighted by Crippen LogP contribution is 2.31. The van der Waals surface area contributed by atoms with Crippen molar-refractivity contribution in [3.05, 3.63) is 47.2 Å². The number of rotatable bonds is 1. The molecule has 0 aliphatic heterocycles. The second-order valence-electron chi connectivity index (χ2n) is 4.29. The van der Waals surface area contributed by atoms with Gasteiger partial charge >= 0.3 is 0 Å². The highest BCUT2D eigenvalue weighted by Gasteiger charge is 2.13. The monoisotopic (exact) mass is 276 g/mol. The number of hydrogen-bond donors (Lipinski definition) is 1. The predicted octanol–water partition coefficient (Wildman–Crippen LogP) is 3.74. The number of aromatic nitrogens is 2. The molecule has 3 aromatic rings. The molecular formula is C14H10ClFN2O. The Morgan fingerprint density at radius 3 is 2.74 bits per heavy atom. The molecule has 1 aromatic heterocycles. The van der Waals surface area contributed by atoms with Crippen LogP contribution in [-0.2, 0) is 7.05 Å². The normalized spacial score (nSPS) is 11.1. The SMILES string of the molecule is Cn1c(-c2ccc(F)cc2O)nc2ccc(Cl)cc21. The van der Waals surface area contributed by atoms with Gasteiger partial charge in [-0.3, -0.25) is 0 Å². The zero-order valence-electron chi connectivity index (χ0n) is 10.1. The molecule has 0 aliphatic rings. The molecule has 1 heterocycles. The number of hydrogen-bond acceptors (Lipinski definition) is 2. The van der Waals surface area contributed by atoms with Gasteiger partial charge in [-0.2, -0.15) is 0 Å². The number of phenols is 1. The fourth-order valence-electron chi connectivity index (χ4n) is 2.10. The van der Waals surface area contributed by atoms with Crippen molar-refractivity contribution in [3.63, 3.8) is 0 Å². The van der Waals surface area contributed by atoms with Crippen molar-refractivity contribution in [1.29, 1.82) is 0 Å². The molecule has 0 saturated carbocycles. The van der Waals surface area contributed by atoms with Crippen LogP contribution in [0.25, 0.3) is 22.4 Å². The molecular weight excluding hydrogens is 267 g/mol. The lowest BCUT2D eigenvalue weighted by molar-refractivity contribution is 0.470. The van der Waals surface area contributed by atoms with E-state index in [4.69, 9.17) is 11.6 Å². The van der Waals surface area contributed by atoms with E-state index in [-0.39, 0.29) is 5.75 Å². The van der Waals surface area contributed by atoms with E-state index in [1.807, 2.05) is 17.7 Å². The maximum absolute atomic E-state index is 13.0. The predicted molar refractivity (Wildman–Crippen MR) is 72.8 cm³/mol. The molecule has 0 radical (unpaired) electrons. The number of phenolic OH excluding ortho intramolecular Hbond substituents is 1. The van der Waals surface area contributed by atoms with Crippen LogP contribution in [0.4, 0.5) is 4.39 Å². The first kappa shape index (κ1) is 12.0. The lowest BCUT2D eigenvalue weighted by Gasteiger charge is -2.05. The van der Waals surface area contributed by atoms with E-state index in [0.29, 0.717) is 16.4 Å². The van der Waals surface area contributed by atoms with Crippen LogP contribution in [0.15, 0.2) is 36.4 Å². The zero-order valence-corrected chi connectivity index (χ0v) is 10.8. The number of fused-ring (bicyclic) bond motifs is 1. The molecule has 2 aromatic carbocycles. The van der Waals surface area contributed by atoms with Crippen molar-refractivity contribution in [3.8, 4) is 17.1 Å². The van der Waals surface area contributed by atoms with E-state index in [1.54, 1.807) is 12.1 Å². The van der Waals surface area contributed by atoms with Gasteiger partial charge in [0.15, 0.2) is 0 Å². The third-order valence-corrected chi connectivity index (χ3v) is 3.28. The quantitative estimate of drug-likeness (QED) is 0.735. The summed E-state index contributed by atoms with van der Waals surface area (Å²) in [7, 11) is 1.82. The number of benzene rings is 2. The van der Waals surface area contributed by atoms with Crippen molar-refractivity contribution in [2.45, 2.75) is 0 Å². The Bertz CT molecular complexity index is 782. The summed E-state index contributed by atoms with van der Waals surface area (Å²) in [5.41, 5.74) is 2.10. The summed E-state index contributed by atoms with van der Waals surface area (Å²) in [5.74, 6) is -0.0534. The van der Waals surface area contributed by atoms with Crippen molar-refractivity contribution in [2.75, 3.05) is 0 Å². The summed E-state index contributed by atoms with van der Waals surface area (Å²) in [5, 5.41) is 10.4. The van der Waals surface area contributed by atoms with Gasteiger partial charge in [0, 0.05) is 18.1 Å². The van der Waals surface area contributed by atoms with Crippen LogP contribution >= 0.6 is 11.6 Å². The van der Waals surface area contributed by atoms with Gasteiger partial charge in [-0.1, -0.05) is 11.6 Å². The van der Waals surface area contributed by atoms with E-state index in [0.717, 1.165) is 17.1 Å². The number of imidazole rings is 1. The van der Waals surface area contributed by atoms with Crippen LogP contribution in [0.1, 0.15) is 0 Å². The fourth-order valence-corrected chi connectivity index (χ4v) is 2.26. The van der Waals surface area contributed by atoms with Gasteiger partial charge in [0.2, 0.25) is 0 Å². The van der Waals surface area contributed by atoms with Crippen LogP contribution in [0.3, 0.4) is 0 Å². The van der Waals surface area contributed by atoms with Crippen LogP contribution in [0, 0.1) is 5.82 Å². The molecule has 0 spiro atoms. The molecule has 96 valence electrons. The first-order chi connectivity index (χ1) is 9.06. The molecule has 1 N–H and O–H groups in total. The fraction of sp³-hybridized carbons (Fsp3) is 0.0714. The second-order valence-corrected chi connectivity index (χ2v) is 4.73. The average molecular weight is 277 g/mol. The molecule has 3 rings (SSSR count). The van der Waals surface area contributed by atoms with E-state index >= 15 is 0 Å². The minimum Gasteiger partial charge on any atom is -0.507 e.